The van der Waals surface area contributed by atoms with E-state index in [1.54, 1.807) is 24.3 Å². The Morgan fingerprint density at radius 1 is 1.33 bits per heavy atom. The van der Waals surface area contributed by atoms with Crippen molar-refractivity contribution in [3.63, 3.8) is 0 Å². The summed E-state index contributed by atoms with van der Waals surface area (Å²) in [4.78, 5) is 11.4. The van der Waals surface area contributed by atoms with E-state index in [1.807, 2.05) is 0 Å². The number of halogens is 3. The molecule has 6 heteroatoms. The van der Waals surface area contributed by atoms with Gasteiger partial charge in [0.25, 0.3) is 0 Å². The van der Waals surface area contributed by atoms with Gasteiger partial charge in [-0.05, 0) is 11.6 Å². The number of ether oxygens (including phenoxy) is 1. The first-order chi connectivity index (χ1) is 8.44. The molecule has 0 fully saturated rings. The average molecular weight is 261 g/mol. The summed E-state index contributed by atoms with van der Waals surface area (Å²) in [5.74, 6) is -0.497. The van der Waals surface area contributed by atoms with Crippen LogP contribution in [-0.4, -0.2) is 25.8 Å². The zero-order chi connectivity index (χ0) is 13.6. The third kappa shape index (κ3) is 4.75. The molecule has 0 saturated carbocycles. The van der Waals surface area contributed by atoms with E-state index in [0.717, 1.165) is 0 Å². The van der Waals surface area contributed by atoms with Crippen LogP contribution in [-0.2, 0) is 11.3 Å². The normalized spacial score (nSPS) is 11.3. The number of hydrogen-bond acceptors (Lipinski definition) is 3. The average Bonchev–Trinajstić information content (AvgIpc) is 2.33. The third-order valence-electron chi connectivity index (χ3n) is 2.32. The van der Waals surface area contributed by atoms with E-state index in [9.17, 15) is 18.0 Å². The fourth-order valence-corrected chi connectivity index (χ4v) is 1.44. The van der Waals surface area contributed by atoms with Gasteiger partial charge in [0, 0.05) is 13.1 Å². The molecular weight excluding hydrogens is 247 g/mol. The summed E-state index contributed by atoms with van der Waals surface area (Å²) in [7, 11) is 1.26. The van der Waals surface area contributed by atoms with E-state index in [4.69, 9.17) is 0 Å². The SMILES string of the molecule is COC(=O)c1ccccc1CNCCC(F)(F)F. The summed E-state index contributed by atoms with van der Waals surface area (Å²) < 4.78 is 40.4. The van der Waals surface area contributed by atoms with E-state index < -0.39 is 18.6 Å². The molecule has 0 atom stereocenters. The second kappa shape index (κ2) is 6.39. The molecule has 3 nitrogen and oxygen atoms in total. The molecule has 0 bridgehead atoms. The number of benzene rings is 1. The van der Waals surface area contributed by atoms with E-state index in [-0.39, 0.29) is 13.1 Å². The molecule has 0 spiro atoms. The smallest absolute Gasteiger partial charge is 0.390 e. The third-order valence-corrected chi connectivity index (χ3v) is 2.32. The van der Waals surface area contributed by atoms with Crippen molar-refractivity contribution in [3.05, 3.63) is 35.4 Å². The highest BCUT2D eigenvalue weighted by atomic mass is 19.4. The minimum atomic E-state index is -4.17. The number of esters is 1. The van der Waals surface area contributed by atoms with E-state index in [1.165, 1.54) is 7.11 Å². The van der Waals surface area contributed by atoms with Crippen molar-refractivity contribution >= 4 is 5.97 Å². The lowest BCUT2D eigenvalue weighted by Gasteiger charge is -2.10. The molecule has 0 unspecified atom stereocenters. The first-order valence-electron chi connectivity index (χ1n) is 5.38. The maximum atomic E-state index is 11.9. The fraction of sp³-hybridized carbons (Fsp3) is 0.417. The Morgan fingerprint density at radius 2 is 2.00 bits per heavy atom. The lowest BCUT2D eigenvalue weighted by atomic mass is 10.1. The number of nitrogens with one attached hydrogen (secondary N) is 1. The van der Waals surface area contributed by atoms with Crippen LogP contribution in [0.2, 0.25) is 0 Å². The minimum Gasteiger partial charge on any atom is -0.465 e. The standard InChI is InChI=1S/C12H14F3NO2/c1-18-11(17)10-5-3-2-4-9(10)8-16-7-6-12(13,14)15/h2-5,16H,6-8H2,1H3. The lowest BCUT2D eigenvalue weighted by Crippen LogP contribution is -2.22. The van der Waals surface area contributed by atoms with Gasteiger partial charge in [-0.3, -0.25) is 0 Å². The van der Waals surface area contributed by atoms with Gasteiger partial charge in [-0.2, -0.15) is 13.2 Å². The topological polar surface area (TPSA) is 38.3 Å². The highest BCUT2D eigenvalue weighted by Gasteiger charge is 2.25. The Labute approximate surface area is 103 Å². The number of methoxy groups -OCH3 is 1. The first kappa shape index (κ1) is 14.5. The van der Waals surface area contributed by atoms with Crippen LogP contribution in [0.1, 0.15) is 22.3 Å². The largest absolute Gasteiger partial charge is 0.465 e. The van der Waals surface area contributed by atoms with Crippen molar-refractivity contribution in [1.82, 2.24) is 5.32 Å². The molecule has 0 saturated heterocycles. The predicted octanol–water partition coefficient (Wildman–Crippen LogP) is 2.52. The van der Waals surface area contributed by atoms with Gasteiger partial charge in [0.2, 0.25) is 0 Å². The van der Waals surface area contributed by atoms with Gasteiger partial charge in [0.15, 0.2) is 0 Å². The van der Waals surface area contributed by atoms with Gasteiger partial charge in [0.1, 0.15) is 0 Å². The molecule has 0 radical (unpaired) electrons. The Morgan fingerprint density at radius 3 is 2.61 bits per heavy atom. The molecule has 1 aromatic rings. The number of carbonyl (C=O) groups excluding carboxylic acids is 1. The van der Waals surface area contributed by atoms with Gasteiger partial charge in [-0.25, -0.2) is 4.79 Å². The van der Waals surface area contributed by atoms with Crippen LogP contribution in [0.3, 0.4) is 0 Å². The summed E-state index contributed by atoms with van der Waals surface area (Å²) in [6, 6.07) is 6.64. The van der Waals surface area contributed by atoms with Gasteiger partial charge >= 0.3 is 12.1 Å². The summed E-state index contributed by atoms with van der Waals surface area (Å²) in [6.45, 7) is 0.0142. The van der Waals surface area contributed by atoms with Crippen molar-refractivity contribution in [2.75, 3.05) is 13.7 Å². The molecule has 0 aromatic heterocycles. The maximum absolute atomic E-state index is 11.9. The Kier molecular flexibility index (Phi) is 5.15. The van der Waals surface area contributed by atoms with E-state index in [2.05, 4.69) is 10.1 Å². The van der Waals surface area contributed by atoms with E-state index in [0.29, 0.717) is 11.1 Å². The summed E-state index contributed by atoms with van der Waals surface area (Å²) in [6.07, 6.45) is -5.07. The summed E-state index contributed by atoms with van der Waals surface area (Å²) >= 11 is 0. The molecule has 100 valence electrons. The second-order valence-corrected chi connectivity index (χ2v) is 3.69. The van der Waals surface area contributed by atoms with Crippen LogP contribution in [0.25, 0.3) is 0 Å². The van der Waals surface area contributed by atoms with Crippen molar-refractivity contribution < 1.29 is 22.7 Å². The van der Waals surface area contributed by atoms with E-state index >= 15 is 0 Å². The van der Waals surface area contributed by atoms with Crippen LogP contribution < -0.4 is 5.32 Å². The maximum Gasteiger partial charge on any atom is 0.390 e. The number of alkyl halides is 3. The van der Waals surface area contributed by atoms with Crippen molar-refractivity contribution in [1.29, 1.82) is 0 Å². The highest BCUT2D eigenvalue weighted by molar-refractivity contribution is 5.90. The van der Waals surface area contributed by atoms with Gasteiger partial charge in [0.05, 0.1) is 19.1 Å². The molecule has 0 amide bonds. The Bertz CT molecular complexity index is 405. The molecule has 1 aromatic carbocycles. The molecule has 0 aliphatic rings. The molecule has 0 heterocycles. The van der Waals surface area contributed by atoms with Crippen LogP contribution in [0.4, 0.5) is 13.2 Å². The van der Waals surface area contributed by atoms with Crippen LogP contribution in [0.15, 0.2) is 24.3 Å². The first-order valence-corrected chi connectivity index (χ1v) is 5.38. The van der Waals surface area contributed by atoms with Gasteiger partial charge < -0.3 is 10.1 Å². The Hall–Kier alpha value is -1.56. The molecular formula is C12H14F3NO2. The van der Waals surface area contributed by atoms with Crippen LogP contribution in [0, 0.1) is 0 Å². The van der Waals surface area contributed by atoms with Gasteiger partial charge in [-0.15, -0.1) is 0 Å². The minimum absolute atomic E-state index is 0.182. The van der Waals surface area contributed by atoms with Gasteiger partial charge in [-0.1, -0.05) is 18.2 Å². The van der Waals surface area contributed by atoms with Crippen LogP contribution >= 0.6 is 0 Å². The molecule has 1 rings (SSSR count). The quantitative estimate of drug-likeness (QED) is 0.653. The number of rotatable bonds is 5. The van der Waals surface area contributed by atoms with Crippen LogP contribution in [0.5, 0.6) is 0 Å². The molecule has 1 N–H and O–H groups in total. The predicted molar refractivity (Wildman–Crippen MR) is 60.2 cm³/mol. The van der Waals surface area contributed by atoms with Crippen molar-refractivity contribution in [2.45, 2.75) is 19.1 Å². The molecule has 0 aliphatic heterocycles. The zero-order valence-electron chi connectivity index (χ0n) is 9.88. The monoisotopic (exact) mass is 261 g/mol. The van der Waals surface area contributed by atoms with Crippen molar-refractivity contribution in [2.24, 2.45) is 0 Å². The summed E-state index contributed by atoms with van der Waals surface area (Å²) in [5.41, 5.74) is 0.978. The number of carbonyl (C=O) groups is 1. The summed E-state index contributed by atoms with van der Waals surface area (Å²) in [5, 5.41) is 2.65. The Balaban J connectivity index is 2.54. The second-order valence-electron chi connectivity index (χ2n) is 3.69. The number of hydrogen-bond donors (Lipinski definition) is 1. The lowest BCUT2D eigenvalue weighted by molar-refractivity contribution is -0.133. The molecule has 18 heavy (non-hydrogen) atoms. The fourth-order valence-electron chi connectivity index (χ4n) is 1.44. The van der Waals surface area contributed by atoms with Crippen molar-refractivity contribution in [3.8, 4) is 0 Å². The zero-order valence-corrected chi connectivity index (χ0v) is 9.88. The highest BCUT2D eigenvalue weighted by Crippen LogP contribution is 2.18. The molecule has 0 aliphatic carbocycles.